The summed E-state index contributed by atoms with van der Waals surface area (Å²) in [6.45, 7) is 8.82. The molecular formula is C15H29N5. The van der Waals surface area contributed by atoms with Crippen molar-refractivity contribution >= 4 is 0 Å². The first-order chi connectivity index (χ1) is 9.74. The monoisotopic (exact) mass is 279 g/mol. The van der Waals surface area contributed by atoms with Gasteiger partial charge < -0.3 is 10.6 Å². The fourth-order valence-electron chi connectivity index (χ4n) is 3.05. The van der Waals surface area contributed by atoms with E-state index in [9.17, 15) is 0 Å². The van der Waals surface area contributed by atoms with Crippen molar-refractivity contribution in [2.45, 2.75) is 32.2 Å². The van der Waals surface area contributed by atoms with Crippen LogP contribution >= 0.6 is 0 Å². The number of aryl methyl sites for hydroxylation is 1. The van der Waals surface area contributed by atoms with E-state index in [1.165, 1.54) is 18.5 Å². The van der Waals surface area contributed by atoms with Gasteiger partial charge in [0.25, 0.3) is 0 Å². The Morgan fingerprint density at radius 1 is 1.30 bits per heavy atom. The first-order valence-electron chi connectivity index (χ1n) is 7.88. The minimum atomic E-state index is 0.583. The Labute approximate surface area is 122 Å². The summed E-state index contributed by atoms with van der Waals surface area (Å²) < 4.78 is 1.97. The molecule has 1 aliphatic rings. The largest absolute Gasteiger partial charge is 0.329 e. The van der Waals surface area contributed by atoms with Gasteiger partial charge >= 0.3 is 0 Å². The molecule has 2 rings (SSSR count). The molecule has 114 valence electrons. The maximum atomic E-state index is 5.90. The molecule has 1 unspecified atom stereocenters. The number of hydrogen-bond acceptors (Lipinski definition) is 4. The van der Waals surface area contributed by atoms with Crippen LogP contribution < -0.4 is 5.73 Å². The van der Waals surface area contributed by atoms with Crippen LogP contribution in [-0.2, 0) is 13.5 Å². The van der Waals surface area contributed by atoms with Crippen molar-refractivity contribution in [3.8, 4) is 0 Å². The van der Waals surface area contributed by atoms with Crippen LogP contribution in [0.25, 0.3) is 0 Å². The van der Waals surface area contributed by atoms with Gasteiger partial charge in [0, 0.05) is 70.7 Å². The average Bonchev–Trinajstić information content (AvgIpc) is 2.89. The summed E-state index contributed by atoms with van der Waals surface area (Å²) in [5.41, 5.74) is 7.22. The maximum absolute atomic E-state index is 5.90. The Bertz CT molecular complexity index is 381. The second kappa shape index (κ2) is 7.76. The van der Waals surface area contributed by atoms with Gasteiger partial charge in [-0.2, -0.15) is 5.10 Å². The molecule has 0 radical (unpaired) electrons. The molecule has 1 atom stereocenters. The zero-order valence-electron chi connectivity index (χ0n) is 13.0. The minimum Gasteiger partial charge on any atom is -0.329 e. The summed E-state index contributed by atoms with van der Waals surface area (Å²) in [6, 6.07) is 2.70. The molecule has 1 aromatic heterocycles. The van der Waals surface area contributed by atoms with Crippen LogP contribution in [0.3, 0.4) is 0 Å². The van der Waals surface area contributed by atoms with Crippen molar-refractivity contribution in [2.75, 3.05) is 39.3 Å². The molecule has 5 nitrogen and oxygen atoms in total. The molecule has 0 spiro atoms. The van der Waals surface area contributed by atoms with Crippen molar-refractivity contribution in [3.63, 3.8) is 0 Å². The van der Waals surface area contributed by atoms with Gasteiger partial charge in [-0.3, -0.25) is 9.58 Å². The summed E-state index contributed by atoms with van der Waals surface area (Å²) in [7, 11) is 2.02. The Hall–Kier alpha value is -0.910. The fourth-order valence-corrected chi connectivity index (χ4v) is 3.05. The van der Waals surface area contributed by atoms with Crippen LogP contribution in [-0.4, -0.2) is 64.9 Å². The van der Waals surface area contributed by atoms with Crippen LogP contribution in [0.4, 0.5) is 0 Å². The molecule has 1 fully saturated rings. The normalized spacial score (nSPS) is 19.4. The van der Waals surface area contributed by atoms with Crippen LogP contribution in [0, 0.1) is 0 Å². The molecule has 0 saturated carbocycles. The third kappa shape index (κ3) is 4.04. The third-order valence-electron chi connectivity index (χ3n) is 4.42. The van der Waals surface area contributed by atoms with Gasteiger partial charge in [-0.15, -0.1) is 0 Å². The predicted molar refractivity (Wildman–Crippen MR) is 82.7 cm³/mol. The highest BCUT2D eigenvalue weighted by Gasteiger charge is 2.22. The molecule has 5 heteroatoms. The standard InChI is InChI=1S/C15H29N5/c1-3-4-15(13-16)20-11-9-19(10-12-20)8-6-14-5-7-17-18(14)2/h5,7,15H,3-4,6,8-13,16H2,1-2H3. The summed E-state index contributed by atoms with van der Waals surface area (Å²) >= 11 is 0. The molecular weight excluding hydrogens is 250 g/mol. The Kier molecular flexibility index (Phi) is 6.01. The summed E-state index contributed by atoms with van der Waals surface area (Å²) in [5.74, 6) is 0. The van der Waals surface area contributed by atoms with Gasteiger partial charge in [-0.05, 0) is 12.5 Å². The molecule has 2 N–H and O–H groups in total. The van der Waals surface area contributed by atoms with E-state index in [4.69, 9.17) is 5.73 Å². The van der Waals surface area contributed by atoms with E-state index in [1.807, 2.05) is 17.9 Å². The Morgan fingerprint density at radius 3 is 2.60 bits per heavy atom. The number of piperazine rings is 1. The zero-order chi connectivity index (χ0) is 14.4. The number of nitrogens with zero attached hydrogens (tertiary/aromatic N) is 4. The zero-order valence-corrected chi connectivity index (χ0v) is 13.0. The van der Waals surface area contributed by atoms with E-state index in [0.29, 0.717) is 6.04 Å². The fraction of sp³-hybridized carbons (Fsp3) is 0.800. The number of hydrogen-bond donors (Lipinski definition) is 1. The van der Waals surface area contributed by atoms with Crippen LogP contribution in [0.2, 0.25) is 0 Å². The lowest BCUT2D eigenvalue weighted by Gasteiger charge is -2.39. The Morgan fingerprint density at radius 2 is 2.05 bits per heavy atom. The highest BCUT2D eigenvalue weighted by atomic mass is 15.3. The molecule has 1 saturated heterocycles. The van der Waals surface area contributed by atoms with Crippen molar-refractivity contribution < 1.29 is 0 Å². The lowest BCUT2D eigenvalue weighted by molar-refractivity contribution is 0.0950. The minimum absolute atomic E-state index is 0.583. The SMILES string of the molecule is CCCC(CN)N1CCN(CCc2ccnn2C)CC1. The van der Waals surface area contributed by atoms with Crippen molar-refractivity contribution in [3.05, 3.63) is 18.0 Å². The number of rotatable bonds is 7. The summed E-state index contributed by atoms with van der Waals surface area (Å²) in [5, 5.41) is 4.22. The first-order valence-corrected chi connectivity index (χ1v) is 7.88. The van der Waals surface area contributed by atoms with Gasteiger partial charge in [0.1, 0.15) is 0 Å². The van der Waals surface area contributed by atoms with Gasteiger partial charge in [-0.1, -0.05) is 13.3 Å². The first kappa shape index (κ1) is 15.5. The summed E-state index contributed by atoms with van der Waals surface area (Å²) in [6.07, 6.45) is 5.42. The molecule has 1 aliphatic heterocycles. The smallest absolute Gasteiger partial charge is 0.0492 e. The highest BCUT2D eigenvalue weighted by molar-refractivity contribution is 5.00. The molecule has 0 aliphatic carbocycles. The van der Waals surface area contributed by atoms with E-state index >= 15 is 0 Å². The van der Waals surface area contributed by atoms with Gasteiger partial charge in [0.15, 0.2) is 0 Å². The van der Waals surface area contributed by atoms with Crippen molar-refractivity contribution in [1.29, 1.82) is 0 Å². The lowest BCUT2D eigenvalue weighted by Crippen LogP contribution is -2.52. The molecule has 0 bridgehead atoms. The van der Waals surface area contributed by atoms with E-state index in [-0.39, 0.29) is 0 Å². The number of nitrogens with two attached hydrogens (primary N) is 1. The third-order valence-corrected chi connectivity index (χ3v) is 4.42. The van der Waals surface area contributed by atoms with Crippen LogP contribution in [0.5, 0.6) is 0 Å². The topological polar surface area (TPSA) is 50.3 Å². The average molecular weight is 279 g/mol. The van der Waals surface area contributed by atoms with Gasteiger partial charge in [-0.25, -0.2) is 0 Å². The number of aromatic nitrogens is 2. The summed E-state index contributed by atoms with van der Waals surface area (Å²) in [4.78, 5) is 5.13. The maximum Gasteiger partial charge on any atom is 0.0492 e. The molecule has 0 amide bonds. The quantitative estimate of drug-likeness (QED) is 0.798. The molecule has 0 aromatic carbocycles. The lowest BCUT2D eigenvalue weighted by atomic mass is 10.1. The highest BCUT2D eigenvalue weighted by Crippen LogP contribution is 2.11. The predicted octanol–water partition coefficient (Wildman–Crippen LogP) is 0.708. The van der Waals surface area contributed by atoms with Crippen LogP contribution in [0.1, 0.15) is 25.5 Å². The molecule has 2 heterocycles. The van der Waals surface area contributed by atoms with Gasteiger partial charge in [0.05, 0.1) is 0 Å². The second-order valence-corrected chi connectivity index (χ2v) is 5.75. The van der Waals surface area contributed by atoms with Crippen molar-refractivity contribution in [2.24, 2.45) is 12.8 Å². The Balaban J connectivity index is 1.72. The van der Waals surface area contributed by atoms with E-state index < -0.39 is 0 Å². The van der Waals surface area contributed by atoms with Crippen molar-refractivity contribution in [1.82, 2.24) is 19.6 Å². The molecule has 1 aromatic rings. The van der Waals surface area contributed by atoms with Crippen LogP contribution in [0.15, 0.2) is 12.3 Å². The van der Waals surface area contributed by atoms with E-state index in [2.05, 4.69) is 27.9 Å². The molecule has 20 heavy (non-hydrogen) atoms. The van der Waals surface area contributed by atoms with E-state index in [1.54, 1.807) is 0 Å². The van der Waals surface area contributed by atoms with Gasteiger partial charge in [0.2, 0.25) is 0 Å². The second-order valence-electron chi connectivity index (χ2n) is 5.75. The van der Waals surface area contributed by atoms with E-state index in [0.717, 1.165) is 45.7 Å².